The number of aryl methyl sites for hydroxylation is 1. The van der Waals surface area contributed by atoms with Gasteiger partial charge < -0.3 is 19.0 Å². The number of rotatable bonds is 3. The Morgan fingerprint density at radius 1 is 1.18 bits per heavy atom. The molecule has 0 atom stereocenters. The molecule has 2 aromatic heterocycles. The molecule has 0 bridgehead atoms. The average molecular weight is 237 g/mol. The maximum Gasteiger partial charge on any atom is 0.374 e. The summed E-state index contributed by atoms with van der Waals surface area (Å²) in [6.07, 6.45) is 0. The smallest absolute Gasteiger partial charge is 0.374 e. The van der Waals surface area contributed by atoms with E-state index in [2.05, 4.69) is 4.98 Å². The molecule has 0 amide bonds. The van der Waals surface area contributed by atoms with Gasteiger partial charge in [0.2, 0.25) is 11.5 Å². The van der Waals surface area contributed by atoms with Gasteiger partial charge in [-0.2, -0.15) is 4.98 Å². The quantitative estimate of drug-likeness (QED) is 0.833. The molecule has 2 rings (SSSR count). The predicted octanol–water partition coefficient (Wildman–Crippen LogP) is 1.64. The summed E-state index contributed by atoms with van der Waals surface area (Å²) >= 11 is 0. The second kappa shape index (κ2) is 3.78. The first-order valence-electron chi connectivity index (χ1n) is 4.53. The summed E-state index contributed by atoms with van der Waals surface area (Å²) in [5.41, 5.74) is -0.651. The second-order valence-electron chi connectivity index (χ2n) is 3.22. The van der Waals surface area contributed by atoms with Crippen molar-refractivity contribution in [3.05, 3.63) is 29.3 Å². The van der Waals surface area contributed by atoms with Crippen LogP contribution in [0.3, 0.4) is 0 Å². The van der Waals surface area contributed by atoms with Crippen molar-refractivity contribution in [2.75, 3.05) is 0 Å². The van der Waals surface area contributed by atoms with Crippen molar-refractivity contribution in [2.45, 2.75) is 6.92 Å². The fourth-order valence-electron chi connectivity index (χ4n) is 1.26. The lowest BCUT2D eigenvalue weighted by molar-refractivity contribution is 0.0624. The van der Waals surface area contributed by atoms with E-state index in [1.165, 1.54) is 6.07 Å². The lowest BCUT2D eigenvalue weighted by Gasteiger charge is -1.87. The summed E-state index contributed by atoms with van der Waals surface area (Å²) in [4.78, 5) is 25.1. The first kappa shape index (κ1) is 10.9. The third-order valence-corrected chi connectivity index (χ3v) is 1.98. The maximum atomic E-state index is 10.8. The molecule has 0 radical (unpaired) electrons. The number of hydrogen-bond donors (Lipinski definition) is 2. The second-order valence-corrected chi connectivity index (χ2v) is 3.22. The van der Waals surface area contributed by atoms with Crippen molar-refractivity contribution in [3.8, 4) is 11.7 Å². The minimum absolute atomic E-state index is 0.173. The van der Waals surface area contributed by atoms with E-state index in [-0.39, 0.29) is 11.7 Å². The van der Waals surface area contributed by atoms with Crippen LogP contribution in [0.4, 0.5) is 0 Å². The van der Waals surface area contributed by atoms with E-state index in [0.29, 0.717) is 5.76 Å². The maximum absolute atomic E-state index is 10.8. The van der Waals surface area contributed by atoms with Gasteiger partial charge in [-0.15, -0.1) is 0 Å². The normalized spacial score (nSPS) is 10.4. The van der Waals surface area contributed by atoms with Gasteiger partial charge in [0.25, 0.3) is 5.89 Å². The molecule has 2 heterocycles. The van der Waals surface area contributed by atoms with E-state index in [1.807, 2.05) is 0 Å². The van der Waals surface area contributed by atoms with Crippen molar-refractivity contribution in [1.82, 2.24) is 4.98 Å². The molecule has 0 fully saturated rings. The summed E-state index contributed by atoms with van der Waals surface area (Å²) in [5.74, 6) is -3.11. The standard InChI is InChI=1S/C10H7NO6/c1-4-2-3-5(16-4)8-11-6(9(12)13)7(17-8)10(14)15/h2-3H,1H3,(H,12,13)(H,14,15). The molecule has 7 heteroatoms. The molecule has 17 heavy (non-hydrogen) atoms. The van der Waals surface area contributed by atoms with Gasteiger partial charge in [0.05, 0.1) is 0 Å². The molecular weight excluding hydrogens is 230 g/mol. The van der Waals surface area contributed by atoms with Crippen LogP contribution in [0.5, 0.6) is 0 Å². The van der Waals surface area contributed by atoms with Crippen LogP contribution in [0.25, 0.3) is 11.7 Å². The molecule has 2 aromatic rings. The fourth-order valence-corrected chi connectivity index (χ4v) is 1.26. The molecule has 7 nitrogen and oxygen atoms in total. The number of carboxylic acid groups (broad SMARTS) is 2. The minimum atomic E-state index is -1.50. The number of aromatic nitrogens is 1. The Bertz CT molecular complexity index is 562. The number of furan rings is 1. The Morgan fingerprint density at radius 2 is 1.88 bits per heavy atom. The Balaban J connectivity index is 2.54. The highest BCUT2D eigenvalue weighted by atomic mass is 16.4. The molecule has 0 spiro atoms. The molecule has 0 aliphatic rings. The van der Waals surface area contributed by atoms with Crippen molar-refractivity contribution in [1.29, 1.82) is 0 Å². The SMILES string of the molecule is Cc1ccc(-c2nc(C(=O)O)c(C(=O)O)o2)o1. The van der Waals surface area contributed by atoms with Gasteiger partial charge in [0.1, 0.15) is 5.76 Å². The van der Waals surface area contributed by atoms with Crippen LogP contribution < -0.4 is 0 Å². The third-order valence-electron chi connectivity index (χ3n) is 1.98. The van der Waals surface area contributed by atoms with E-state index in [4.69, 9.17) is 19.0 Å². The van der Waals surface area contributed by atoms with Crippen molar-refractivity contribution in [2.24, 2.45) is 0 Å². The zero-order valence-electron chi connectivity index (χ0n) is 8.63. The van der Waals surface area contributed by atoms with Crippen LogP contribution in [0.2, 0.25) is 0 Å². The van der Waals surface area contributed by atoms with Gasteiger partial charge in [-0.05, 0) is 19.1 Å². The Hall–Kier alpha value is -2.57. The van der Waals surface area contributed by atoms with E-state index in [0.717, 1.165) is 0 Å². The molecule has 0 saturated carbocycles. The number of carbonyl (C=O) groups is 2. The van der Waals surface area contributed by atoms with E-state index in [1.54, 1.807) is 13.0 Å². The fraction of sp³-hybridized carbons (Fsp3) is 0.100. The zero-order valence-corrected chi connectivity index (χ0v) is 8.63. The molecule has 2 N–H and O–H groups in total. The molecule has 0 aliphatic carbocycles. The van der Waals surface area contributed by atoms with Gasteiger partial charge >= 0.3 is 11.9 Å². The average Bonchev–Trinajstić information content (AvgIpc) is 2.82. The van der Waals surface area contributed by atoms with Gasteiger partial charge in [0.15, 0.2) is 5.76 Å². The van der Waals surface area contributed by atoms with Crippen LogP contribution in [0, 0.1) is 6.92 Å². The summed E-state index contributed by atoms with van der Waals surface area (Å²) in [6, 6.07) is 3.14. The Morgan fingerprint density at radius 3 is 2.29 bits per heavy atom. The summed E-state index contributed by atoms with van der Waals surface area (Å²) in [7, 11) is 0. The highest BCUT2D eigenvalue weighted by Gasteiger charge is 2.26. The van der Waals surface area contributed by atoms with Crippen molar-refractivity contribution in [3.63, 3.8) is 0 Å². The molecule has 88 valence electrons. The molecule has 0 aliphatic heterocycles. The van der Waals surface area contributed by atoms with Gasteiger partial charge in [0, 0.05) is 0 Å². The largest absolute Gasteiger partial charge is 0.476 e. The van der Waals surface area contributed by atoms with Gasteiger partial charge in [-0.3, -0.25) is 0 Å². The molecular formula is C10H7NO6. The van der Waals surface area contributed by atoms with Crippen LogP contribution in [-0.4, -0.2) is 27.1 Å². The van der Waals surface area contributed by atoms with Crippen molar-refractivity contribution >= 4 is 11.9 Å². The lowest BCUT2D eigenvalue weighted by atomic mass is 10.3. The first-order chi connectivity index (χ1) is 7.99. The van der Waals surface area contributed by atoms with E-state index >= 15 is 0 Å². The zero-order chi connectivity index (χ0) is 12.6. The first-order valence-corrected chi connectivity index (χ1v) is 4.53. The van der Waals surface area contributed by atoms with E-state index in [9.17, 15) is 9.59 Å². The predicted molar refractivity (Wildman–Crippen MR) is 52.9 cm³/mol. The minimum Gasteiger partial charge on any atom is -0.476 e. The van der Waals surface area contributed by atoms with Crippen LogP contribution in [0.15, 0.2) is 21.0 Å². The Kier molecular flexibility index (Phi) is 2.43. The number of hydrogen-bond acceptors (Lipinski definition) is 5. The number of carboxylic acids is 2. The summed E-state index contributed by atoms with van der Waals surface area (Å²) in [6.45, 7) is 1.68. The molecule has 0 saturated heterocycles. The van der Waals surface area contributed by atoms with E-state index < -0.39 is 23.4 Å². The topological polar surface area (TPSA) is 114 Å². The third kappa shape index (κ3) is 1.89. The van der Waals surface area contributed by atoms with Crippen LogP contribution >= 0.6 is 0 Å². The molecule has 0 aromatic carbocycles. The Labute approximate surface area is 94.3 Å². The number of aromatic carboxylic acids is 2. The summed E-state index contributed by atoms with van der Waals surface area (Å²) < 4.78 is 10.0. The number of oxazole rings is 1. The highest BCUT2D eigenvalue weighted by molar-refractivity contribution is 5.98. The van der Waals surface area contributed by atoms with Gasteiger partial charge in [-0.1, -0.05) is 0 Å². The van der Waals surface area contributed by atoms with Crippen LogP contribution in [0.1, 0.15) is 26.8 Å². The van der Waals surface area contributed by atoms with Crippen LogP contribution in [-0.2, 0) is 0 Å². The summed E-state index contributed by atoms with van der Waals surface area (Å²) in [5, 5.41) is 17.5. The molecule has 0 unspecified atom stereocenters. The van der Waals surface area contributed by atoms with Crippen molar-refractivity contribution < 1.29 is 28.6 Å². The lowest BCUT2D eigenvalue weighted by Crippen LogP contribution is -2.05. The number of nitrogens with zero attached hydrogens (tertiary/aromatic N) is 1. The highest BCUT2D eigenvalue weighted by Crippen LogP contribution is 2.24. The van der Waals surface area contributed by atoms with Gasteiger partial charge in [-0.25, -0.2) is 9.59 Å². The monoisotopic (exact) mass is 237 g/mol.